The third-order valence-electron chi connectivity index (χ3n) is 7.54. The highest BCUT2D eigenvalue weighted by atomic mass is 32.1. The molecular formula is C33H50N6O6S. The molecule has 4 atom stereocenters. The fourth-order valence-electron chi connectivity index (χ4n) is 4.89. The second kappa shape index (κ2) is 19.6. The predicted octanol–water partition coefficient (Wildman–Crippen LogP) is 3.15. The van der Waals surface area contributed by atoms with E-state index in [1.807, 2.05) is 56.1 Å². The first-order valence-electron chi connectivity index (χ1n) is 15.8. The van der Waals surface area contributed by atoms with E-state index in [0.717, 1.165) is 24.9 Å². The van der Waals surface area contributed by atoms with Crippen LogP contribution in [-0.4, -0.2) is 83.4 Å². The van der Waals surface area contributed by atoms with Crippen molar-refractivity contribution in [2.75, 3.05) is 26.7 Å². The van der Waals surface area contributed by atoms with Crippen LogP contribution in [0.15, 0.2) is 35.7 Å². The Morgan fingerprint density at radius 2 is 1.67 bits per heavy atom. The molecule has 1 aromatic carbocycles. The normalized spacial score (nSPS) is 13.8. The summed E-state index contributed by atoms with van der Waals surface area (Å²) >= 11 is 1.22. The summed E-state index contributed by atoms with van der Waals surface area (Å²) in [6, 6.07) is 8.15. The molecule has 0 bridgehead atoms. The highest BCUT2D eigenvalue weighted by Crippen LogP contribution is 2.25. The fraction of sp³-hybridized carbons (Fsp3) is 0.576. The number of rotatable bonds is 20. The number of unbranched alkanes of at least 4 members (excludes halogenated alkanes) is 1. The highest BCUT2D eigenvalue weighted by molar-refractivity contribution is 7.09. The van der Waals surface area contributed by atoms with E-state index in [9.17, 15) is 29.1 Å². The third kappa shape index (κ3) is 14.1. The number of hydrogen-bond donors (Lipinski definition) is 5. The molecule has 0 aliphatic rings. The Balaban J connectivity index is 2.10. The van der Waals surface area contributed by atoms with E-state index >= 15 is 0 Å². The van der Waals surface area contributed by atoms with Gasteiger partial charge in [-0.15, -0.1) is 11.3 Å². The summed E-state index contributed by atoms with van der Waals surface area (Å²) in [5.41, 5.74) is 1.13. The average molecular weight is 659 g/mol. The zero-order chi connectivity index (χ0) is 34.2. The molecule has 46 heavy (non-hydrogen) atoms. The molecule has 0 saturated heterocycles. The number of carbonyl (C=O) groups is 5. The van der Waals surface area contributed by atoms with Gasteiger partial charge in [0.15, 0.2) is 0 Å². The van der Waals surface area contributed by atoms with Gasteiger partial charge in [-0.3, -0.25) is 28.9 Å². The molecule has 0 spiro atoms. The van der Waals surface area contributed by atoms with Crippen LogP contribution in [0.25, 0.3) is 0 Å². The maximum Gasteiger partial charge on any atom is 0.306 e. The molecule has 5 N–H and O–H groups in total. The van der Waals surface area contributed by atoms with Gasteiger partial charge in [-0.25, -0.2) is 4.98 Å². The molecule has 2 aromatic rings. The molecule has 0 aliphatic carbocycles. The number of aromatic nitrogens is 1. The highest BCUT2D eigenvalue weighted by Gasteiger charge is 2.27. The van der Waals surface area contributed by atoms with Gasteiger partial charge in [0, 0.05) is 24.4 Å². The van der Waals surface area contributed by atoms with Crippen molar-refractivity contribution in [2.24, 2.45) is 11.8 Å². The molecule has 0 radical (unpaired) electrons. The van der Waals surface area contributed by atoms with Gasteiger partial charge in [0.05, 0.1) is 25.0 Å². The van der Waals surface area contributed by atoms with Gasteiger partial charge < -0.3 is 26.4 Å². The Morgan fingerprint density at radius 1 is 0.978 bits per heavy atom. The second-order valence-corrected chi connectivity index (χ2v) is 13.1. The van der Waals surface area contributed by atoms with Crippen LogP contribution < -0.4 is 21.3 Å². The minimum Gasteiger partial charge on any atom is -0.481 e. The lowest BCUT2D eigenvalue weighted by Gasteiger charge is -2.27. The first kappa shape index (κ1) is 38.3. The van der Waals surface area contributed by atoms with E-state index in [1.165, 1.54) is 18.3 Å². The second-order valence-electron chi connectivity index (χ2n) is 12.2. The number of nitrogens with zero attached hydrogens (tertiary/aromatic N) is 2. The molecule has 0 saturated carbocycles. The maximum absolute atomic E-state index is 13.3. The molecule has 12 nitrogen and oxygen atoms in total. The third-order valence-corrected chi connectivity index (χ3v) is 8.50. The van der Waals surface area contributed by atoms with Crippen molar-refractivity contribution < 1.29 is 29.1 Å². The van der Waals surface area contributed by atoms with E-state index in [4.69, 9.17) is 0 Å². The van der Waals surface area contributed by atoms with Gasteiger partial charge in [0.25, 0.3) is 5.91 Å². The van der Waals surface area contributed by atoms with Gasteiger partial charge in [-0.2, -0.15) is 0 Å². The molecule has 0 fully saturated rings. The number of aliphatic carboxylic acids is 1. The van der Waals surface area contributed by atoms with Gasteiger partial charge in [-0.05, 0) is 50.8 Å². The van der Waals surface area contributed by atoms with Crippen molar-refractivity contribution >= 4 is 40.9 Å². The van der Waals surface area contributed by atoms with Gasteiger partial charge in [-0.1, -0.05) is 64.4 Å². The van der Waals surface area contributed by atoms with E-state index in [2.05, 4.69) is 33.2 Å². The van der Waals surface area contributed by atoms with E-state index in [-0.39, 0.29) is 54.9 Å². The summed E-state index contributed by atoms with van der Waals surface area (Å²) in [7, 11) is 1.86. The number of nitrogens with one attached hydrogen (secondary N) is 4. The Morgan fingerprint density at radius 3 is 2.28 bits per heavy atom. The van der Waals surface area contributed by atoms with Crippen LogP contribution in [0.4, 0.5) is 0 Å². The SMILES string of the molecule is CCCCN(C)CC(=O)NCC(=O)NC(CC(NC(C)=O)c1nc(C(=O)NC(Cc2ccccc2)CC(C)C(=O)O)cs1)C(C)C. The number of amides is 4. The van der Waals surface area contributed by atoms with Crippen molar-refractivity contribution in [3.63, 3.8) is 0 Å². The first-order valence-corrected chi connectivity index (χ1v) is 16.7. The Labute approximate surface area is 276 Å². The van der Waals surface area contributed by atoms with Crippen molar-refractivity contribution in [2.45, 2.75) is 84.8 Å². The average Bonchev–Trinajstić information content (AvgIpc) is 3.49. The monoisotopic (exact) mass is 658 g/mol. The van der Waals surface area contributed by atoms with Crippen LogP contribution >= 0.6 is 11.3 Å². The Bertz CT molecular complexity index is 1290. The summed E-state index contributed by atoms with van der Waals surface area (Å²) in [6.07, 6.45) is 3.04. The van der Waals surface area contributed by atoms with Crippen molar-refractivity contribution in [3.05, 3.63) is 52.0 Å². The van der Waals surface area contributed by atoms with Crippen molar-refractivity contribution in [1.82, 2.24) is 31.2 Å². The molecule has 0 aliphatic heterocycles. The molecule has 254 valence electrons. The van der Waals surface area contributed by atoms with E-state index in [1.54, 1.807) is 12.3 Å². The molecule has 1 heterocycles. The lowest BCUT2D eigenvalue weighted by atomic mass is 9.96. The van der Waals surface area contributed by atoms with Gasteiger partial charge in [0.1, 0.15) is 10.7 Å². The Hall–Kier alpha value is -3.84. The van der Waals surface area contributed by atoms with E-state index < -0.39 is 29.9 Å². The molecule has 4 amide bonds. The van der Waals surface area contributed by atoms with Gasteiger partial charge in [0.2, 0.25) is 17.7 Å². The lowest BCUT2D eigenvalue weighted by molar-refractivity contribution is -0.141. The van der Waals surface area contributed by atoms with Crippen LogP contribution in [0.2, 0.25) is 0 Å². The summed E-state index contributed by atoms with van der Waals surface area (Å²) in [4.78, 5) is 68.5. The zero-order valence-corrected chi connectivity index (χ0v) is 28.6. The standard InChI is InChI=1S/C33H50N6O6S/c1-7-8-14-39(6)19-30(42)34-18-29(41)37-26(21(2)3)17-27(35-23(5)40)32-38-28(20-46-32)31(43)36-25(15-22(4)33(44)45)16-24-12-10-9-11-13-24/h9-13,20-22,25-27H,7-8,14-19H2,1-6H3,(H,34,42)(H,35,40)(H,36,43)(H,37,41)(H,44,45). The number of benzene rings is 1. The largest absolute Gasteiger partial charge is 0.481 e. The number of carboxylic acid groups (broad SMARTS) is 1. The van der Waals surface area contributed by atoms with Crippen molar-refractivity contribution in [3.8, 4) is 0 Å². The molecule has 2 rings (SSSR count). The summed E-state index contributed by atoms with van der Waals surface area (Å²) in [5, 5.41) is 23.0. The molecule has 4 unspecified atom stereocenters. The van der Waals surface area contributed by atoms with Crippen LogP contribution in [0.1, 0.15) is 87.4 Å². The molecule has 1 aromatic heterocycles. The van der Waals surface area contributed by atoms with E-state index in [0.29, 0.717) is 17.8 Å². The number of hydrogen-bond acceptors (Lipinski definition) is 8. The summed E-state index contributed by atoms with van der Waals surface area (Å²) < 4.78 is 0. The smallest absolute Gasteiger partial charge is 0.306 e. The maximum atomic E-state index is 13.3. The zero-order valence-electron chi connectivity index (χ0n) is 27.8. The number of carbonyl (C=O) groups excluding carboxylic acids is 4. The summed E-state index contributed by atoms with van der Waals surface area (Å²) in [5.74, 6) is -2.91. The fourth-order valence-corrected chi connectivity index (χ4v) is 5.76. The van der Waals surface area contributed by atoms with Crippen LogP contribution in [0.5, 0.6) is 0 Å². The predicted molar refractivity (Wildman–Crippen MR) is 178 cm³/mol. The van der Waals surface area contributed by atoms with Crippen molar-refractivity contribution in [1.29, 1.82) is 0 Å². The van der Waals surface area contributed by atoms with Crippen LogP contribution in [-0.2, 0) is 25.6 Å². The summed E-state index contributed by atoms with van der Waals surface area (Å²) in [6.45, 7) is 9.82. The number of likely N-dealkylation sites (N-methyl/N-ethyl adjacent to an activating group) is 1. The minimum atomic E-state index is -0.939. The quantitative estimate of drug-likeness (QED) is 0.145. The number of thiazole rings is 1. The minimum absolute atomic E-state index is 0.00575. The number of carboxylic acids is 1. The van der Waals surface area contributed by atoms with Crippen LogP contribution in [0, 0.1) is 11.8 Å². The topological polar surface area (TPSA) is 170 Å². The van der Waals surface area contributed by atoms with Crippen LogP contribution in [0.3, 0.4) is 0 Å². The lowest BCUT2D eigenvalue weighted by Crippen LogP contribution is -2.47. The Kier molecular flexibility index (Phi) is 16.4. The van der Waals surface area contributed by atoms with Gasteiger partial charge >= 0.3 is 5.97 Å². The molecule has 13 heteroatoms. The first-order chi connectivity index (χ1) is 21.8. The molecular weight excluding hydrogens is 608 g/mol.